The minimum Gasteiger partial charge on any atom is -0.348 e. The van der Waals surface area contributed by atoms with E-state index in [4.69, 9.17) is 12.2 Å². The first-order chi connectivity index (χ1) is 12.0. The molecule has 0 saturated heterocycles. The standard InChI is InChI=1S/C18H16BrN3O2S/c1-2-22-17(24)14-7-6-12(9-15(14)21-18(22)25)16(23)20-10-11-4-3-5-13(19)8-11/h3-9H,2,10H2,1H3,(H,20,23)(H,21,25). The Morgan fingerprint density at radius 2 is 2.08 bits per heavy atom. The molecule has 0 aliphatic heterocycles. The van der Waals surface area contributed by atoms with Crippen LogP contribution in [0.3, 0.4) is 0 Å². The first-order valence-corrected chi connectivity index (χ1v) is 8.99. The monoisotopic (exact) mass is 417 g/mol. The quantitative estimate of drug-likeness (QED) is 0.634. The largest absolute Gasteiger partial charge is 0.348 e. The molecule has 2 aromatic carbocycles. The summed E-state index contributed by atoms with van der Waals surface area (Å²) in [6, 6.07) is 12.7. The Kier molecular flexibility index (Phi) is 5.15. The number of hydrogen-bond acceptors (Lipinski definition) is 3. The number of nitrogens with zero attached hydrogens (tertiary/aromatic N) is 1. The molecule has 0 atom stereocenters. The second-order valence-electron chi connectivity index (χ2n) is 5.55. The third-order valence-electron chi connectivity index (χ3n) is 3.90. The lowest BCUT2D eigenvalue weighted by molar-refractivity contribution is 0.0951. The molecule has 0 aliphatic carbocycles. The van der Waals surface area contributed by atoms with E-state index in [1.165, 1.54) is 4.57 Å². The van der Waals surface area contributed by atoms with Gasteiger partial charge in [0, 0.05) is 23.1 Å². The van der Waals surface area contributed by atoms with Crippen LogP contribution in [0.1, 0.15) is 22.8 Å². The zero-order valence-electron chi connectivity index (χ0n) is 13.5. The summed E-state index contributed by atoms with van der Waals surface area (Å²) >= 11 is 8.61. The second kappa shape index (κ2) is 7.33. The molecule has 1 amide bonds. The van der Waals surface area contributed by atoms with E-state index in [-0.39, 0.29) is 11.5 Å². The maximum atomic E-state index is 12.4. The van der Waals surface area contributed by atoms with Crippen LogP contribution in [0.15, 0.2) is 51.7 Å². The van der Waals surface area contributed by atoms with Crippen LogP contribution in [0.5, 0.6) is 0 Å². The number of benzene rings is 2. The third-order valence-corrected chi connectivity index (χ3v) is 4.72. The van der Waals surface area contributed by atoms with Crippen LogP contribution in [0.25, 0.3) is 10.9 Å². The topological polar surface area (TPSA) is 66.9 Å². The Labute approximate surface area is 157 Å². The van der Waals surface area contributed by atoms with Gasteiger partial charge in [-0.25, -0.2) is 0 Å². The fourth-order valence-corrected chi connectivity index (χ4v) is 3.38. The molecule has 7 heteroatoms. The number of amides is 1. The van der Waals surface area contributed by atoms with Crippen LogP contribution in [0, 0.1) is 4.77 Å². The highest BCUT2D eigenvalue weighted by Gasteiger charge is 2.10. The molecule has 5 nitrogen and oxygen atoms in total. The predicted molar refractivity (Wildman–Crippen MR) is 104 cm³/mol. The lowest BCUT2D eigenvalue weighted by Crippen LogP contribution is -2.24. The highest BCUT2D eigenvalue weighted by molar-refractivity contribution is 9.10. The lowest BCUT2D eigenvalue weighted by atomic mass is 10.1. The number of carbonyl (C=O) groups is 1. The van der Waals surface area contributed by atoms with Crippen LogP contribution < -0.4 is 10.9 Å². The first-order valence-electron chi connectivity index (χ1n) is 7.79. The van der Waals surface area contributed by atoms with Gasteiger partial charge in [-0.05, 0) is 55.0 Å². The smallest absolute Gasteiger partial charge is 0.262 e. The molecule has 0 fully saturated rings. The van der Waals surface area contributed by atoms with Crippen LogP contribution in [0.4, 0.5) is 0 Å². The molecule has 128 valence electrons. The van der Waals surface area contributed by atoms with Crippen LogP contribution in [-0.2, 0) is 13.1 Å². The highest BCUT2D eigenvalue weighted by atomic mass is 79.9. The minimum atomic E-state index is -0.208. The van der Waals surface area contributed by atoms with Gasteiger partial charge >= 0.3 is 0 Å². The summed E-state index contributed by atoms with van der Waals surface area (Å²) in [5, 5.41) is 3.39. The lowest BCUT2D eigenvalue weighted by Gasteiger charge is -2.08. The fourth-order valence-electron chi connectivity index (χ4n) is 2.61. The van der Waals surface area contributed by atoms with E-state index in [1.807, 2.05) is 31.2 Å². The molecule has 0 spiro atoms. The Morgan fingerprint density at radius 1 is 1.28 bits per heavy atom. The molecule has 3 aromatic rings. The Morgan fingerprint density at radius 3 is 2.80 bits per heavy atom. The fraction of sp³-hybridized carbons (Fsp3) is 0.167. The van der Waals surface area contributed by atoms with Crippen molar-refractivity contribution >= 4 is 45.0 Å². The van der Waals surface area contributed by atoms with Gasteiger partial charge < -0.3 is 10.3 Å². The van der Waals surface area contributed by atoms with Gasteiger partial charge in [0.2, 0.25) is 0 Å². The van der Waals surface area contributed by atoms with Crippen molar-refractivity contribution in [2.24, 2.45) is 0 Å². The zero-order valence-corrected chi connectivity index (χ0v) is 15.9. The summed E-state index contributed by atoms with van der Waals surface area (Å²) in [5.41, 5.74) is 1.88. The molecule has 0 unspecified atom stereocenters. The number of H-pyrrole nitrogens is 1. The number of nitrogens with one attached hydrogen (secondary N) is 2. The summed E-state index contributed by atoms with van der Waals surface area (Å²) in [6.07, 6.45) is 0. The van der Waals surface area contributed by atoms with Crippen LogP contribution in [0.2, 0.25) is 0 Å². The van der Waals surface area contributed by atoms with Crippen LogP contribution in [-0.4, -0.2) is 15.5 Å². The van der Waals surface area contributed by atoms with E-state index in [9.17, 15) is 9.59 Å². The predicted octanol–water partition coefficient (Wildman–Crippen LogP) is 3.77. The average Bonchev–Trinajstić information content (AvgIpc) is 2.59. The van der Waals surface area contributed by atoms with Gasteiger partial charge in [-0.1, -0.05) is 28.1 Å². The zero-order chi connectivity index (χ0) is 18.0. The molecular weight excluding hydrogens is 402 g/mol. The molecule has 3 rings (SSSR count). The van der Waals surface area contributed by atoms with Gasteiger partial charge in [0.05, 0.1) is 10.9 Å². The molecule has 25 heavy (non-hydrogen) atoms. The van der Waals surface area contributed by atoms with Gasteiger partial charge in [0.15, 0.2) is 4.77 Å². The van der Waals surface area contributed by atoms with Gasteiger partial charge in [-0.15, -0.1) is 0 Å². The van der Waals surface area contributed by atoms with E-state index in [0.717, 1.165) is 10.0 Å². The Balaban J connectivity index is 1.87. The van der Waals surface area contributed by atoms with E-state index < -0.39 is 0 Å². The van der Waals surface area contributed by atoms with E-state index in [0.29, 0.717) is 34.3 Å². The number of carbonyl (C=O) groups excluding carboxylic acids is 1. The van der Waals surface area contributed by atoms with Crippen molar-refractivity contribution < 1.29 is 4.79 Å². The van der Waals surface area contributed by atoms with Crippen molar-refractivity contribution in [2.45, 2.75) is 20.0 Å². The molecule has 0 saturated carbocycles. The first kappa shape index (κ1) is 17.6. The van der Waals surface area contributed by atoms with E-state index >= 15 is 0 Å². The summed E-state index contributed by atoms with van der Waals surface area (Å²) < 4.78 is 2.81. The van der Waals surface area contributed by atoms with E-state index in [1.54, 1.807) is 18.2 Å². The second-order valence-corrected chi connectivity index (χ2v) is 6.85. The summed E-state index contributed by atoms with van der Waals surface area (Å²) in [7, 11) is 0. The third kappa shape index (κ3) is 3.72. The molecule has 1 aromatic heterocycles. The normalized spacial score (nSPS) is 10.8. The van der Waals surface area contributed by atoms with Crippen molar-refractivity contribution in [2.75, 3.05) is 0 Å². The number of rotatable bonds is 4. The number of aromatic nitrogens is 2. The Hall–Kier alpha value is -2.25. The van der Waals surface area contributed by atoms with Crippen molar-refractivity contribution in [1.29, 1.82) is 0 Å². The summed E-state index contributed by atoms with van der Waals surface area (Å²) in [6.45, 7) is 2.78. The molecule has 0 bridgehead atoms. The Bertz CT molecular complexity index is 1070. The summed E-state index contributed by atoms with van der Waals surface area (Å²) in [5.74, 6) is -0.208. The van der Waals surface area contributed by atoms with E-state index in [2.05, 4.69) is 26.2 Å². The van der Waals surface area contributed by atoms with Crippen molar-refractivity contribution in [3.8, 4) is 0 Å². The SMILES string of the molecule is CCn1c(=S)[nH]c2cc(C(=O)NCc3cccc(Br)c3)ccc2c1=O. The molecule has 0 aliphatic rings. The number of aromatic amines is 1. The van der Waals surface area contributed by atoms with Crippen LogP contribution >= 0.6 is 28.1 Å². The van der Waals surface area contributed by atoms with Crippen molar-refractivity contribution in [3.05, 3.63) is 73.2 Å². The molecule has 2 N–H and O–H groups in total. The van der Waals surface area contributed by atoms with Gasteiger partial charge in [0.1, 0.15) is 0 Å². The average molecular weight is 418 g/mol. The minimum absolute atomic E-state index is 0.151. The summed E-state index contributed by atoms with van der Waals surface area (Å²) in [4.78, 5) is 27.8. The van der Waals surface area contributed by atoms with Gasteiger partial charge in [0.25, 0.3) is 11.5 Å². The van der Waals surface area contributed by atoms with Crippen molar-refractivity contribution in [1.82, 2.24) is 14.9 Å². The number of fused-ring (bicyclic) bond motifs is 1. The highest BCUT2D eigenvalue weighted by Crippen LogP contribution is 2.13. The maximum Gasteiger partial charge on any atom is 0.262 e. The number of halogens is 1. The van der Waals surface area contributed by atoms with Gasteiger partial charge in [-0.2, -0.15) is 0 Å². The molecule has 0 radical (unpaired) electrons. The van der Waals surface area contributed by atoms with Gasteiger partial charge in [-0.3, -0.25) is 14.2 Å². The molecular formula is C18H16BrN3O2S. The maximum absolute atomic E-state index is 12.4. The molecule has 1 heterocycles. The number of hydrogen-bond donors (Lipinski definition) is 2. The van der Waals surface area contributed by atoms with Crippen molar-refractivity contribution in [3.63, 3.8) is 0 Å².